The summed E-state index contributed by atoms with van der Waals surface area (Å²) in [6.07, 6.45) is 1.56. The van der Waals surface area contributed by atoms with Gasteiger partial charge in [-0.3, -0.25) is 14.7 Å². The lowest BCUT2D eigenvalue weighted by Crippen LogP contribution is -2.30. The van der Waals surface area contributed by atoms with Crippen molar-refractivity contribution in [2.24, 2.45) is 0 Å². The molecule has 0 saturated carbocycles. The second-order valence-corrected chi connectivity index (χ2v) is 8.14. The largest absolute Gasteiger partial charge is 0.380 e. The Morgan fingerprint density at radius 2 is 1.97 bits per heavy atom. The SMILES string of the molecule is COCc1cnc2c(NC(=O)c3c(Cl)cccc3Cl)cc(F)cc2c1N1CCN(C)C1=O. The Kier molecular flexibility index (Phi) is 6.19. The Labute approximate surface area is 193 Å². The van der Waals surface area contributed by atoms with Gasteiger partial charge in [0.15, 0.2) is 0 Å². The van der Waals surface area contributed by atoms with Crippen LogP contribution in [0.4, 0.5) is 20.6 Å². The molecular formula is C22H19Cl2FN4O3. The molecule has 1 aliphatic rings. The minimum absolute atomic E-state index is 0.0702. The van der Waals surface area contributed by atoms with E-state index in [1.165, 1.54) is 25.3 Å². The van der Waals surface area contributed by atoms with E-state index in [4.69, 9.17) is 27.9 Å². The number of ether oxygens (including phenoxy) is 1. The Bertz CT molecular complexity index is 1220. The topological polar surface area (TPSA) is 74.8 Å². The van der Waals surface area contributed by atoms with E-state index in [9.17, 15) is 14.0 Å². The summed E-state index contributed by atoms with van der Waals surface area (Å²) in [6, 6.07) is 6.93. The fourth-order valence-electron chi connectivity index (χ4n) is 3.72. The van der Waals surface area contributed by atoms with Crippen molar-refractivity contribution in [2.45, 2.75) is 6.61 Å². The average molecular weight is 477 g/mol. The molecule has 7 nitrogen and oxygen atoms in total. The van der Waals surface area contributed by atoms with Gasteiger partial charge in [0.2, 0.25) is 0 Å². The maximum Gasteiger partial charge on any atom is 0.324 e. The van der Waals surface area contributed by atoms with E-state index in [1.54, 1.807) is 29.1 Å². The first kappa shape index (κ1) is 22.3. The zero-order valence-corrected chi connectivity index (χ0v) is 18.8. The summed E-state index contributed by atoms with van der Waals surface area (Å²) in [7, 11) is 3.22. The second-order valence-electron chi connectivity index (χ2n) is 7.32. The van der Waals surface area contributed by atoms with Crippen molar-refractivity contribution in [3.8, 4) is 0 Å². The van der Waals surface area contributed by atoms with Crippen LogP contribution in [0.5, 0.6) is 0 Å². The number of halogens is 3. The quantitative estimate of drug-likeness (QED) is 0.565. The van der Waals surface area contributed by atoms with Crippen LogP contribution in [0.3, 0.4) is 0 Å². The molecule has 166 valence electrons. The number of hydrogen-bond donors (Lipinski definition) is 1. The van der Waals surface area contributed by atoms with E-state index >= 15 is 0 Å². The third kappa shape index (κ3) is 3.97. The molecule has 1 fully saturated rings. The maximum absolute atomic E-state index is 14.7. The molecule has 2 aromatic carbocycles. The number of likely N-dealkylation sites (N-methyl/N-ethyl adjacent to an activating group) is 1. The summed E-state index contributed by atoms with van der Waals surface area (Å²) < 4.78 is 20.0. The highest BCUT2D eigenvalue weighted by Crippen LogP contribution is 2.36. The molecule has 0 radical (unpaired) electrons. The van der Waals surface area contributed by atoms with Gasteiger partial charge in [-0.2, -0.15) is 0 Å². The molecule has 4 rings (SSSR count). The van der Waals surface area contributed by atoms with E-state index in [2.05, 4.69) is 10.3 Å². The number of carbonyl (C=O) groups excluding carboxylic acids is 2. The normalized spacial score (nSPS) is 13.8. The van der Waals surface area contributed by atoms with E-state index in [-0.39, 0.29) is 33.9 Å². The first-order valence-corrected chi connectivity index (χ1v) is 10.5. The number of hydrogen-bond acceptors (Lipinski definition) is 4. The first-order chi connectivity index (χ1) is 15.3. The zero-order valence-electron chi connectivity index (χ0n) is 17.3. The predicted molar refractivity (Wildman–Crippen MR) is 122 cm³/mol. The number of benzene rings is 2. The van der Waals surface area contributed by atoms with Gasteiger partial charge in [0.25, 0.3) is 5.91 Å². The first-order valence-electron chi connectivity index (χ1n) is 9.70. The molecule has 0 aliphatic carbocycles. The zero-order chi connectivity index (χ0) is 23.0. The number of nitrogens with one attached hydrogen (secondary N) is 1. The number of rotatable bonds is 5. The van der Waals surface area contributed by atoms with Crippen molar-refractivity contribution < 1.29 is 18.7 Å². The molecule has 3 aromatic rings. The summed E-state index contributed by atoms with van der Waals surface area (Å²) in [4.78, 5) is 33.2. The summed E-state index contributed by atoms with van der Waals surface area (Å²) in [6.45, 7) is 1.14. The summed E-state index contributed by atoms with van der Waals surface area (Å²) in [5.74, 6) is -1.20. The molecule has 10 heteroatoms. The number of amides is 3. The number of pyridine rings is 1. The molecule has 0 bridgehead atoms. The fraction of sp³-hybridized carbons (Fsp3) is 0.227. The lowest BCUT2D eigenvalue weighted by atomic mass is 10.1. The van der Waals surface area contributed by atoms with Crippen molar-refractivity contribution in [1.82, 2.24) is 9.88 Å². The second kappa shape index (κ2) is 8.90. The minimum Gasteiger partial charge on any atom is -0.380 e. The van der Waals surface area contributed by atoms with Crippen LogP contribution < -0.4 is 10.2 Å². The smallest absolute Gasteiger partial charge is 0.324 e. The maximum atomic E-state index is 14.7. The Morgan fingerprint density at radius 1 is 1.25 bits per heavy atom. The molecule has 1 N–H and O–H groups in total. The molecule has 0 atom stereocenters. The van der Waals surface area contributed by atoms with Crippen molar-refractivity contribution >= 4 is 57.4 Å². The third-order valence-electron chi connectivity index (χ3n) is 5.21. The number of carbonyl (C=O) groups is 2. The highest BCUT2D eigenvalue weighted by molar-refractivity contribution is 6.40. The lowest BCUT2D eigenvalue weighted by molar-refractivity contribution is 0.102. The van der Waals surface area contributed by atoms with Crippen molar-refractivity contribution in [3.63, 3.8) is 0 Å². The number of aromatic nitrogens is 1. The lowest BCUT2D eigenvalue weighted by Gasteiger charge is -2.22. The highest BCUT2D eigenvalue weighted by atomic mass is 35.5. The minimum atomic E-state index is -0.603. The Hall–Kier alpha value is -2.94. The average Bonchev–Trinajstić information content (AvgIpc) is 3.06. The van der Waals surface area contributed by atoms with E-state index in [0.717, 1.165) is 6.07 Å². The van der Waals surface area contributed by atoms with Crippen LogP contribution in [0, 0.1) is 5.82 Å². The van der Waals surface area contributed by atoms with E-state index < -0.39 is 11.7 Å². The predicted octanol–water partition coefficient (Wildman–Crippen LogP) is 4.95. The van der Waals surface area contributed by atoms with Gasteiger partial charge in [-0.25, -0.2) is 9.18 Å². The van der Waals surface area contributed by atoms with E-state index in [0.29, 0.717) is 35.2 Å². The van der Waals surface area contributed by atoms with Crippen molar-refractivity contribution in [1.29, 1.82) is 0 Å². The van der Waals surface area contributed by atoms with Gasteiger partial charge in [-0.05, 0) is 24.3 Å². The van der Waals surface area contributed by atoms with Crippen LogP contribution in [-0.2, 0) is 11.3 Å². The highest BCUT2D eigenvalue weighted by Gasteiger charge is 2.30. The molecule has 1 aromatic heterocycles. The molecule has 1 saturated heterocycles. The Morgan fingerprint density at radius 3 is 2.59 bits per heavy atom. The van der Waals surface area contributed by atoms with Crippen LogP contribution in [0.2, 0.25) is 10.0 Å². The van der Waals surface area contributed by atoms with Gasteiger partial charge < -0.3 is 15.0 Å². The van der Waals surface area contributed by atoms with Crippen LogP contribution in [0.1, 0.15) is 15.9 Å². The van der Waals surface area contributed by atoms with Gasteiger partial charge >= 0.3 is 6.03 Å². The number of nitrogens with zero attached hydrogens (tertiary/aromatic N) is 3. The van der Waals surface area contributed by atoms with E-state index in [1.807, 2.05) is 0 Å². The van der Waals surface area contributed by atoms with Crippen LogP contribution in [0.15, 0.2) is 36.5 Å². The fourth-order valence-corrected chi connectivity index (χ4v) is 4.29. The van der Waals surface area contributed by atoms with Gasteiger partial charge in [0.1, 0.15) is 5.82 Å². The number of methoxy groups -OCH3 is 1. The monoisotopic (exact) mass is 476 g/mol. The van der Waals surface area contributed by atoms with Gasteiger partial charge in [-0.15, -0.1) is 0 Å². The Balaban J connectivity index is 1.86. The van der Waals surface area contributed by atoms with Gasteiger partial charge in [0, 0.05) is 44.4 Å². The number of anilines is 2. The number of urea groups is 1. The number of fused-ring (bicyclic) bond motifs is 1. The molecule has 0 spiro atoms. The third-order valence-corrected chi connectivity index (χ3v) is 5.84. The molecule has 3 amide bonds. The molecule has 2 heterocycles. The van der Waals surface area contributed by atoms with Crippen LogP contribution in [0.25, 0.3) is 10.9 Å². The summed E-state index contributed by atoms with van der Waals surface area (Å²) in [5, 5.41) is 3.36. The van der Waals surface area contributed by atoms with Crippen molar-refractivity contribution in [2.75, 3.05) is 37.5 Å². The van der Waals surface area contributed by atoms with Crippen LogP contribution >= 0.6 is 23.2 Å². The van der Waals surface area contributed by atoms with Gasteiger partial charge in [-0.1, -0.05) is 29.3 Å². The van der Waals surface area contributed by atoms with Gasteiger partial charge in [0.05, 0.1) is 39.1 Å². The molecule has 32 heavy (non-hydrogen) atoms. The summed E-state index contributed by atoms with van der Waals surface area (Å²) >= 11 is 12.3. The molecule has 0 unspecified atom stereocenters. The standard InChI is InChI=1S/C22H19Cl2FN4O3/c1-28-6-7-29(22(28)31)20-12(11-32-2)10-26-19-14(20)8-13(25)9-17(19)27-21(30)18-15(23)4-3-5-16(18)24/h3-5,8-10H,6-7,11H2,1-2H3,(H,27,30). The van der Waals surface area contributed by atoms with Crippen LogP contribution in [-0.4, -0.2) is 49.1 Å². The summed E-state index contributed by atoms with van der Waals surface area (Å²) in [5.41, 5.74) is 1.64. The van der Waals surface area contributed by atoms with Crippen molar-refractivity contribution in [3.05, 3.63) is 63.5 Å². The molecule has 1 aliphatic heterocycles. The molecular weight excluding hydrogens is 458 g/mol.